The smallest absolute Gasteiger partial charge is 0.336 e. The molecule has 2 aromatic carbocycles. The number of carboxylic acid groups (broad SMARTS) is 1. The number of benzene rings is 2. The molecule has 0 radical (unpaired) electrons. The van der Waals surface area contributed by atoms with Crippen molar-refractivity contribution in [3.05, 3.63) is 76.8 Å². The molecule has 0 spiro atoms. The van der Waals surface area contributed by atoms with Crippen LogP contribution in [0.1, 0.15) is 35.2 Å². The fraction of sp³-hybridized carbons (Fsp3) is 0.143. The second kappa shape index (κ2) is 8.20. The lowest BCUT2D eigenvalue weighted by Gasteiger charge is -2.11. The zero-order valence-electron chi connectivity index (χ0n) is 14.8. The van der Waals surface area contributed by atoms with E-state index in [2.05, 4.69) is 4.98 Å². The Bertz CT molecular complexity index is 991. The van der Waals surface area contributed by atoms with Gasteiger partial charge in [-0.2, -0.15) is 0 Å². The van der Waals surface area contributed by atoms with Crippen LogP contribution in [0.2, 0.25) is 5.15 Å². The van der Waals surface area contributed by atoms with Gasteiger partial charge in [0.05, 0.1) is 17.9 Å². The monoisotopic (exact) mass is 382 g/mol. The number of hydrogen-bond donors (Lipinski definition) is 2. The number of imidazole rings is 1. The number of allylic oxidation sites excluding steroid dienone is 1. The third-order valence-electron chi connectivity index (χ3n) is 4.20. The molecule has 27 heavy (non-hydrogen) atoms. The first-order valence-corrected chi connectivity index (χ1v) is 8.92. The largest absolute Gasteiger partial charge is 0.478 e. The number of aromatic carboxylic acids is 1. The number of aromatic nitrogens is 2. The summed E-state index contributed by atoms with van der Waals surface area (Å²) in [6.45, 7) is 1.78. The Morgan fingerprint density at radius 1 is 1.19 bits per heavy atom. The Kier molecular flexibility index (Phi) is 5.74. The van der Waals surface area contributed by atoms with Gasteiger partial charge in [0.1, 0.15) is 5.82 Å². The Morgan fingerprint density at radius 2 is 1.89 bits per heavy atom. The van der Waals surface area contributed by atoms with E-state index >= 15 is 0 Å². The van der Waals surface area contributed by atoms with Gasteiger partial charge in [-0.05, 0) is 41.8 Å². The van der Waals surface area contributed by atoms with E-state index in [9.17, 15) is 15.0 Å². The Morgan fingerprint density at radius 3 is 2.52 bits per heavy atom. The summed E-state index contributed by atoms with van der Waals surface area (Å²) in [6.07, 6.45) is 4.68. The predicted octanol–water partition coefficient (Wildman–Crippen LogP) is 4.81. The number of aliphatic hydroxyl groups is 1. The lowest BCUT2D eigenvalue weighted by molar-refractivity contribution is 0.0697. The molecule has 0 fully saturated rings. The van der Waals surface area contributed by atoms with Crippen LogP contribution in [0.25, 0.3) is 22.9 Å². The summed E-state index contributed by atoms with van der Waals surface area (Å²) in [5, 5.41) is 19.3. The van der Waals surface area contributed by atoms with Crippen molar-refractivity contribution >= 4 is 23.6 Å². The van der Waals surface area contributed by atoms with Crippen LogP contribution in [0.15, 0.2) is 54.6 Å². The summed E-state index contributed by atoms with van der Waals surface area (Å²) in [4.78, 5) is 15.8. The van der Waals surface area contributed by atoms with Crippen molar-refractivity contribution in [1.29, 1.82) is 0 Å². The van der Waals surface area contributed by atoms with Crippen molar-refractivity contribution in [3.63, 3.8) is 0 Å². The third-order valence-corrected chi connectivity index (χ3v) is 4.50. The highest BCUT2D eigenvalue weighted by Gasteiger charge is 2.16. The highest BCUT2D eigenvalue weighted by atomic mass is 35.5. The normalized spacial score (nSPS) is 11.2. The zero-order chi connectivity index (χ0) is 19.4. The minimum absolute atomic E-state index is 0.241. The Balaban J connectivity index is 2.07. The number of rotatable bonds is 6. The molecule has 2 N–H and O–H groups in total. The van der Waals surface area contributed by atoms with Gasteiger partial charge < -0.3 is 10.2 Å². The maximum absolute atomic E-state index is 11.5. The van der Waals surface area contributed by atoms with Crippen LogP contribution >= 0.6 is 11.6 Å². The zero-order valence-corrected chi connectivity index (χ0v) is 15.5. The van der Waals surface area contributed by atoms with Crippen molar-refractivity contribution in [3.8, 4) is 16.8 Å². The van der Waals surface area contributed by atoms with Crippen LogP contribution in [-0.2, 0) is 6.61 Å². The number of hydrogen-bond acceptors (Lipinski definition) is 3. The van der Waals surface area contributed by atoms with Crippen molar-refractivity contribution in [2.75, 3.05) is 0 Å². The first kappa shape index (κ1) is 18.9. The van der Waals surface area contributed by atoms with Gasteiger partial charge in [-0.3, -0.25) is 4.57 Å². The molecular weight excluding hydrogens is 364 g/mol. The molecule has 5 nitrogen and oxygen atoms in total. The predicted molar refractivity (Wildman–Crippen MR) is 106 cm³/mol. The quantitative estimate of drug-likeness (QED) is 0.641. The van der Waals surface area contributed by atoms with E-state index < -0.39 is 5.97 Å². The summed E-state index contributed by atoms with van der Waals surface area (Å²) in [7, 11) is 0. The van der Waals surface area contributed by atoms with E-state index in [0.717, 1.165) is 17.7 Å². The van der Waals surface area contributed by atoms with Gasteiger partial charge in [-0.15, -0.1) is 0 Å². The van der Waals surface area contributed by atoms with E-state index in [1.54, 1.807) is 22.8 Å². The van der Waals surface area contributed by atoms with E-state index in [-0.39, 0.29) is 17.3 Å². The summed E-state index contributed by atoms with van der Waals surface area (Å²) in [5.74, 6) is -0.338. The Hall–Kier alpha value is -2.89. The number of carboxylic acids is 1. The van der Waals surface area contributed by atoms with Crippen LogP contribution in [0.3, 0.4) is 0 Å². The van der Waals surface area contributed by atoms with Crippen LogP contribution in [-0.4, -0.2) is 25.7 Å². The molecule has 1 aromatic heterocycles. The molecular formula is C21H19ClN2O3. The van der Waals surface area contributed by atoms with E-state index in [0.29, 0.717) is 17.1 Å². The summed E-state index contributed by atoms with van der Waals surface area (Å²) < 4.78 is 1.79. The first-order valence-electron chi connectivity index (χ1n) is 8.54. The number of halogens is 1. The molecule has 0 bridgehead atoms. The van der Waals surface area contributed by atoms with Crippen molar-refractivity contribution in [2.45, 2.75) is 20.0 Å². The number of carbonyl (C=O) groups is 1. The van der Waals surface area contributed by atoms with Gasteiger partial charge >= 0.3 is 5.97 Å². The van der Waals surface area contributed by atoms with Crippen LogP contribution in [0, 0.1) is 0 Å². The lowest BCUT2D eigenvalue weighted by Crippen LogP contribution is -2.03. The molecule has 0 amide bonds. The van der Waals surface area contributed by atoms with Gasteiger partial charge in [0.2, 0.25) is 0 Å². The molecule has 138 valence electrons. The van der Waals surface area contributed by atoms with Crippen LogP contribution in [0.5, 0.6) is 0 Å². The summed E-state index contributed by atoms with van der Waals surface area (Å²) in [6, 6.07) is 14.3. The maximum atomic E-state index is 11.5. The SMILES string of the molecule is CCC=Cc1nc(Cl)c(CO)n1-c1ccc(-c2ccccc2C(=O)O)cc1. The minimum Gasteiger partial charge on any atom is -0.478 e. The second-order valence-electron chi connectivity index (χ2n) is 5.91. The van der Waals surface area contributed by atoms with Crippen molar-refractivity contribution < 1.29 is 15.0 Å². The van der Waals surface area contributed by atoms with E-state index in [1.807, 2.05) is 49.4 Å². The highest BCUT2D eigenvalue weighted by Crippen LogP contribution is 2.28. The standard InChI is InChI=1S/C21H19ClN2O3/c1-2-3-8-19-23-20(22)18(13-25)24(19)15-11-9-14(10-12-15)16-6-4-5-7-17(16)21(26)27/h3-12,25H,2,13H2,1H3,(H,26,27). The average Bonchev–Trinajstić information content (AvgIpc) is 3.01. The fourth-order valence-corrected chi connectivity index (χ4v) is 3.15. The highest BCUT2D eigenvalue weighted by molar-refractivity contribution is 6.30. The van der Waals surface area contributed by atoms with E-state index in [4.69, 9.17) is 11.6 Å². The Labute approximate surface area is 162 Å². The number of aliphatic hydroxyl groups excluding tert-OH is 1. The molecule has 0 unspecified atom stereocenters. The molecule has 6 heteroatoms. The van der Waals surface area contributed by atoms with E-state index in [1.165, 1.54) is 0 Å². The first-order chi connectivity index (χ1) is 13.1. The molecule has 0 aliphatic heterocycles. The summed E-state index contributed by atoms with van der Waals surface area (Å²) >= 11 is 6.17. The minimum atomic E-state index is -0.967. The summed E-state index contributed by atoms with van der Waals surface area (Å²) in [5.41, 5.74) is 2.98. The molecule has 0 aliphatic rings. The van der Waals surface area contributed by atoms with Crippen molar-refractivity contribution in [2.24, 2.45) is 0 Å². The molecule has 3 rings (SSSR count). The molecule has 3 aromatic rings. The third kappa shape index (κ3) is 3.79. The lowest BCUT2D eigenvalue weighted by atomic mass is 9.99. The molecule has 1 heterocycles. The van der Waals surface area contributed by atoms with Gasteiger partial charge in [-0.25, -0.2) is 9.78 Å². The van der Waals surface area contributed by atoms with Gasteiger partial charge in [0.25, 0.3) is 0 Å². The molecule has 0 atom stereocenters. The molecule has 0 saturated heterocycles. The van der Waals surface area contributed by atoms with Crippen LogP contribution < -0.4 is 0 Å². The topological polar surface area (TPSA) is 75.4 Å². The molecule has 0 saturated carbocycles. The van der Waals surface area contributed by atoms with Crippen LogP contribution in [0.4, 0.5) is 0 Å². The fourth-order valence-electron chi connectivity index (χ4n) is 2.92. The van der Waals surface area contributed by atoms with Crippen molar-refractivity contribution in [1.82, 2.24) is 9.55 Å². The number of nitrogens with zero attached hydrogens (tertiary/aromatic N) is 2. The van der Waals surface area contributed by atoms with Gasteiger partial charge in [-0.1, -0.05) is 54.9 Å². The van der Waals surface area contributed by atoms with Gasteiger partial charge in [0, 0.05) is 5.69 Å². The second-order valence-corrected chi connectivity index (χ2v) is 6.27. The molecule has 0 aliphatic carbocycles. The maximum Gasteiger partial charge on any atom is 0.336 e. The van der Waals surface area contributed by atoms with Gasteiger partial charge in [0.15, 0.2) is 5.15 Å². The average molecular weight is 383 g/mol.